The minimum absolute atomic E-state index is 0.0168. The fourth-order valence-corrected chi connectivity index (χ4v) is 2.32. The summed E-state index contributed by atoms with van der Waals surface area (Å²) in [6.07, 6.45) is 0. The molecule has 0 fully saturated rings. The average Bonchev–Trinajstić information content (AvgIpc) is 2.01. The van der Waals surface area contributed by atoms with Crippen LogP contribution in [0.1, 0.15) is 27.7 Å². The number of nitrogens with zero attached hydrogens (tertiary/aromatic N) is 1. The minimum atomic E-state index is 0.0168. The molecule has 0 aliphatic heterocycles. The van der Waals surface area contributed by atoms with Gasteiger partial charge in [0.05, 0.1) is 13.2 Å². The monoisotopic (exact) mass is 218 g/mol. The zero-order valence-corrected chi connectivity index (χ0v) is 10.4. The maximum Gasteiger partial charge on any atom is 0.0558 e. The number of aliphatic hydroxyl groups is 2. The van der Waals surface area contributed by atoms with E-state index in [2.05, 4.69) is 25.7 Å². The molecule has 4 N–H and O–H groups in total. The van der Waals surface area contributed by atoms with Gasteiger partial charge in [-0.15, -0.1) is 0 Å². The third-order valence-corrected chi connectivity index (χ3v) is 2.55. The number of hydrogen-bond acceptors (Lipinski definition) is 4. The van der Waals surface area contributed by atoms with Gasteiger partial charge < -0.3 is 15.9 Å². The first-order chi connectivity index (χ1) is 6.84. The predicted molar refractivity (Wildman–Crippen MR) is 62.6 cm³/mol. The van der Waals surface area contributed by atoms with Crippen LogP contribution in [0.3, 0.4) is 0 Å². The van der Waals surface area contributed by atoms with Gasteiger partial charge in [0.25, 0.3) is 0 Å². The Balaban J connectivity index is 4.67. The standard InChI is InChI=1S/C11H26N2O2/c1-9(12)10(11(2,3)4)13(5-7-14)6-8-15/h9-10,14-15H,5-8,12H2,1-4H3. The van der Waals surface area contributed by atoms with Crippen molar-refractivity contribution in [3.63, 3.8) is 0 Å². The van der Waals surface area contributed by atoms with Crippen molar-refractivity contribution in [2.75, 3.05) is 26.3 Å². The molecule has 0 aromatic carbocycles. The van der Waals surface area contributed by atoms with E-state index < -0.39 is 0 Å². The largest absolute Gasteiger partial charge is 0.395 e. The van der Waals surface area contributed by atoms with Crippen LogP contribution in [0.5, 0.6) is 0 Å². The van der Waals surface area contributed by atoms with E-state index in [9.17, 15) is 0 Å². The van der Waals surface area contributed by atoms with Crippen molar-refractivity contribution in [1.82, 2.24) is 4.90 Å². The molecule has 0 aromatic rings. The fraction of sp³-hybridized carbons (Fsp3) is 1.00. The predicted octanol–water partition coefficient (Wildman–Crippen LogP) is 0.0349. The highest BCUT2D eigenvalue weighted by atomic mass is 16.3. The van der Waals surface area contributed by atoms with Gasteiger partial charge in [0.15, 0.2) is 0 Å². The quantitative estimate of drug-likeness (QED) is 0.588. The van der Waals surface area contributed by atoms with Gasteiger partial charge in [-0.25, -0.2) is 0 Å². The molecule has 4 heteroatoms. The second kappa shape index (κ2) is 6.43. The molecule has 15 heavy (non-hydrogen) atoms. The first kappa shape index (κ1) is 14.8. The Labute approximate surface area is 93.1 Å². The average molecular weight is 218 g/mol. The summed E-state index contributed by atoms with van der Waals surface area (Å²) >= 11 is 0. The van der Waals surface area contributed by atoms with E-state index >= 15 is 0 Å². The zero-order valence-electron chi connectivity index (χ0n) is 10.4. The van der Waals surface area contributed by atoms with Crippen molar-refractivity contribution in [1.29, 1.82) is 0 Å². The molecule has 4 nitrogen and oxygen atoms in total. The molecular formula is C11H26N2O2. The van der Waals surface area contributed by atoms with E-state index in [1.165, 1.54) is 0 Å². The van der Waals surface area contributed by atoms with Crippen LogP contribution in [0, 0.1) is 5.41 Å². The van der Waals surface area contributed by atoms with Crippen molar-refractivity contribution >= 4 is 0 Å². The number of aliphatic hydroxyl groups excluding tert-OH is 2. The van der Waals surface area contributed by atoms with Gasteiger partial charge in [-0.3, -0.25) is 4.90 Å². The second-order valence-electron chi connectivity index (χ2n) is 5.15. The molecule has 0 heterocycles. The highest BCUT2D eigenvalue weighted by molar-refractivity contribution is 4.89. The molecule has 0 aromatic heterocycles. The highest BCUT2D eigenvalue weighted by Crippen LogP contribution is 2.26. The Kier molecular flexibility index (Phi) is 6.36. The summed E-state index contributed by atoms with van der Waals surface area (Å²) in [5.41, 5.74) is 6.02. The summed E-state index contributed by atoms with van der Waals surface area (Å²) in [7, 11) is 0. The Morgan fingerprint density at radius 3 is 1.73 bits per heavy atom. The first-order valence-electron chi connectivity index (χ1n) is 5.56. The number of hydrogen-bond donors (Lipinski definition) is 3. The fourth-order valence-electron chi connectivity index (χ4n) is 2.32. The van der Waals surface area contributed by atoms with E-state index in [0.29, 0.717) is 13.1 Å². The smallest absolute Gasteiger partial charge is 0.0558 e. The summed E-state index contributed by atoms with van der Waals surface area (Å²) < 4.78 is 0. The van der Waals surface area contributed by atoms with Crippen molar-refractivity contribution in [2.24, 2.45) is 11.1 Å². The molecular weight excluding hydrogens is 192 g/mol. The molecule has 0 bridgehead atoms. The van der Waals surface area contributed by atoms with Crippen LogP contribution in [0.4, 0.5) is 0 Å². The molecule has 0 rings (SSSR count). The molecule has 0 saturated carbocycles. The molecule has 0 radical (unpaired) electrons. The Bertz CT molecular complexity index is 160. The first-order valence-corrected chi connectivity index (χ1v) is 5.56. The normalized spacial score (nSPS) is 16.8. The summed E-state index contributed by atoms with van der Waals surface area (Å²) in [6.45, 7) is 9.67. The van der Waals surface area contributed by atoms with Crippen LogP contribution in [-0.4, -0.2) is 53.5 Å². The van der Waals surface area contributed by atoms with Crippen LogP contribution >= 0.6 is 0 Å². The van der Waals surface area contributed by atoms with Gasteiger partial charge >= 0.3 is 0 Å². The van der Waals surface area contributed by atoms with Crippen LogP contribution in [0.25, 0.3) is 0 Å². The van der Waals surface area contributed by atoms with Crippen molar-refractivity contribution in [3.05, 3.63) is 0 Å². The molecule has 0 amide bonds. The zero-order chi connectivity index (χ0) is 12.1. The third kappa shape index (κ3) is 4.93. The van der Waals surface area contributed by atoms with Crippen LogP contribution < -0.4 is 5.73 Å². The minimum Gasteiger partial charge on any atom is -0.395 e. The number of rotatable bonds is 6. The van der Waals surface area contributed by atoms with Crippen LogP contribution in [0.15, 0.2) is 0 Å². The summed E-state index contributed by atoms with van der Waals surface area (Å²) in [5, 5.41) is 18.0. The molecule has 92 valence electrons. The maximum atomic E-state index is 9.00. The van der Waals surface area contributed by atoms with E-state index in [1.807, 2.05) is 6.92 Å². The topological polar surface area (TPSA) is 69.7 Å². The lowest BCUT2D eigenvalue weighted by Crippen LogP contribution is -2.55. The van der Waals surface area contributed by atoms with Crippen molar-refractivity contribution in [2.45, 2.75) is 39.8 Å². The summed E-state index contributed by atoms with van der Waals surface area (Å²) in [6, 6.07) is 0.180. The Morgan fingerprint density at radius 2 is 1.53 bits per heavy atom. The van der Waals surface area contributed by atoms with E-state index in [4.69, 9.17) is 15.9 Å². The van der Waals surface area contributed by atoms with Crippen molar-refractivity contribution in [3.8, 4) is 0 Å². The molecule has 0 spiro atoms. The van der Waals surface area contributed by atoms with Crippen molar-refractivity contribution < 1.29 is 10.2 Å². The maximum absolute atomic E-state index is 9.00. The van der Waals surface area contributed by atoms with Crippen LogP contribution in [0.2, 0.25) is 0 Å². The SMILES string of the molecule is CC(N)C(N(CCO)CCO)C(C)(C)C. The lowest BCUT2D eigenvalue weighted by Gasteiger charge is -2.42. The molecule has 2 unspecified atom stereocenters. The molecule has 2 atom stereocenters. The van der Waals surface area contributed by atoms with Gasteiger partial charge in [-0.2, -0.15) is 0 Å². The Hall–Kier alpha value is -0.160. The van der Waals surface area contributed by atoms with Crippen LogP contribution in [-0.2, 0) is 0 Å². The molecule has 0 saturated heterocycles. The lowest BCUT2D eigenvalue weighted by atomic mass is 9.82. The van der Waals surface area contributed by atoms with Gasteiger partial charge in [0, 0.05) is 25.2 Å². The lowest BCUT2D eigenvalue weighted by molar-refractivity contribution is 0.0511. The van der Waals surface area contributed by atoms with Gasteiger partial charge in [0.2, 0.25) is 0 Å². The molecule has 0 aliphatic carbocycles. The molecule has 0 aliphatic rings. The van der Waals surface area contributed by atoms with Gasteiger partial charge in [-0.1, -0.05) is 20.8 Å². The third-order valence-electron chi connectivity index (χ3n) is 2.55. The summed E-state index contributed by atoms with van der Waals surface area (Å²) in [4.78, 5) is 2.06. The van der Waals surface area contributed by atoms with E-state index in [0.717, 1.165) is 0 Å². The number of nitrogens with two attached hydrogens (primary N) is 1. The van der Waals surface area contributed by atoms with Gasteiger partial charge in [0.1, 0.15) is 0 Å². The highest BCUT2D eigenvalue weighted by Gasteiger charge is 2.32. The van der Waals surface area contributed by atoms with E-state index in [1.54, 1.807) is 0 Å². The Morgan fingerprint density at radius 1 is 1.13 bits per heavy atom. The second-order valence-corrected chi connectivity index (χ2v) is 5.15. The van der Waals surface area contributed by atoms with Gasteiger partial charge in [-0.05, 0) is 12.3 Å². The van der Waals surface area contributed by atoms with E-state index in [-0.39, 0.29) is 30.7 Å². The summed E-state index contributed by atoms with van der Waals surface area (Å²) in [5.74, 6) is 0.